The molecule has 0 amide bonds. The quantitative estimate of drug-likeness (QED) is 0.215. The summed E-state index contributed by atoms with van der Waals surface area (Å²) in [5.74, 6) is 0. The van der Waals surface area contributed by atoms with Crippen LogP contribution in [0.15, 0.2) is 12.8 Å². The summed E-state index contributed by atoms with van der Waals surface area (Å²) in [4.78, 5) is 0. The maximum absolute atomic E-state index is 6.16. The van der Waals surface area contributed by atoms with Crippen molar-refractivity contribution in [2.24, 2.45) is 0 Å². The van der Waals surface area contributed by atoms with Crippen molar-refractivity contribution in [1.29, 1.82) is 0 Å². The molecule has 0 saturated carbocycles. The molecule has 0 atom stereocenters. The van der Waals surface area contributed by atoms with Gasteiger partial charge in [-0.25, -0.2) is 0 Å². The molecule has 0 spiro atoms. The lowest BCUT2D eigenvalue weighted by Crippen LogP contribution is -2.46. The molecule has 0 aromatic rings. The minimum atomic E-state index is -2.57. The Bertz CT molecular complexity index is 222. The first-order chi connectivity index (χ1) is 10.7. The highest BCUT2D eigenvalue weighted by Crippen LogP contribution is 2.20. The summed E-state index contributed by atoms with van der Waals surface area (Å²) in [7, 11) is -2.57. The van der Waals surface area contributed by atoms with Crippen LogP contribution in [0.3, 0.4) is 0 Å². The number of rotatable bonds is 17. The van der Waals surface area contributed by atoms with Crippen LogP contribution in [-0.4, -0.2) is 35.2 Å². The van der Waals surface area contributed by atoms with Crippen LogP contribution in [0.25, 0.3) is 0 Å². The molecule has 0 aliphatic heterocycles. The van der Waals surface area contributed by atoms with Gasteiger partial charge in [0.2, 0.25) is 0 Å². The molecule has 22 heavy (non-hydrogen) atoms. The van der Waals surface area contributed by atoms with E-state index in [4.69, 9.17) is 18.0 Å². The fraction of sp³-hybridized carbons (Fsp3) is 0.882. The molecular weight excluding hydrogens is 296 g/mol. The van der Waals surface area contributed by atoms with E-state index in [9.17, 15) is 0 Å². The van der Waals surface area contributed by atoms with Crippen molar-refractivity contribution in [3.8, 4) is 0 Å². The van der Waals surface area contributed by atoms with Crippen LogP contribution in [0.4, 0.5) is 0 Å². The van der Waals surface area contributed by atoms with E-state index in [1.165, 1.54) is 6.26 Å². The lowest BCUT2D eigenvalue weighted by atomic mass is 10.4. The Balaban J connectivity index is 4.56. The van der Waals surface area contributed by atoms with Crippen molar-refractivity contribution in [3.63, 3.8) is 0 Å². The van der Waals surface area contributed by atoms with Gasteiger partial charge in [-0.15, -0.1) is 0 Å². The fourth-order valence-corrected chi connectivity index (χ4v) is 4.54. The van der Waals surface area contributed by atoms with Crippen LogP contribution in [0.5, 0.6) is 0 Å². The average molecular weight is 333 g/mol. The van der Waals surface area contributed by atoms with Gasteiger partial charge in [-0.2, -0.15) is 0 Å². The molecule has 0 unspecified atom stereocenters. The van der Waals surface area contributed by atoms with Crippen molar-refractivity contribution < 1.29 is 18.0 Å². The Kier molecular flexibility index (Phi) is 15.3. The standard InChI is InChI=1S/C17H36O4Si/c1-5-9-14-19-22(20-15-10-6-2,21-16-11-7-3)17-12-13-18-8-4/h8H,4-7,9-17H2,1-3H3. The Morgan fingerprint density at radius 3 is 1.55 bits per heavy atom. The molecule has 0 fully saturated rings. The second kappa shape index (κ2) is 15.5. The Morgan fingerprint density at radius 1 is 0.727 bits per heavy atom. The molecular formula is C17H36O4Si. The van der Waals surface area contributed by atoms with Gasteiger partial charge in [-0.3, -0.25) is 0 Å². The van der Waals surface area contributed by atoms with E-state index in [1.54, 1.807) is 0 Å². The first-order valence-electron chi connectivity index (χ1n) is 8.89. The molecule has 0 radical (unpaired) electrons. The lowest BCUT2D eigenvalue weighted by molar-refractivity contribution is 0.0543. The summed E-state index contributed by atoms with van der Waals surface area (Å²) in [5.41, 5.74) is 0. The fourth-order valence-electron chi connectivity index (χ4n) is 1.91. The Hall–Kier alpha value is -0.363. The molecule has 0 N–H and O–H groups in total. The van der Waals surface area contributed by atoms with Crippen LogP contribution < -0.4 is 0 Å². The Morgan fingerprint density at radius 2 is 1.18 bits per heavy atom. The van der Waals surface area contributed by atoms with Crippen LogP contribution in [-0.2, 0) is 18.0 Å². The largest absolute Gasteiger partial charge is 0.502 e. The zero-order valence-electron chi connectivity index (χ0n) is 14.9. The van der Waals surface area contributed by atoms with Gasteiger partial charge < -0.3 is 18.0 Å². The van der Waals surface area contributed by atoms with Gasteiger partial charge in [0.05, 0.1) is 12.9 Å². The van der Waals surface area contributed by atoms with Crippen molar-refractivity contribution in [2.45, 2.75) is 71.8 Å². The number of ether oxygens (including phenoxy) is 1. The maximum Gasteiger partial charge on any atom is 0.501 e. The highest BCUT2D eigenvalue weighted by Gasteiger charge is 2.40. The molecule has 0 aliphatic carbocycles. The van der Waals surface area contributed by atoms with Crippen molar-refractivity contribution in [2.75, 3.05) is 26.4 Å². The summed E-state index contributed by atoms with van der Waals surface area (Å²) >= 11 is 0. The summed E-state index contributed by atoms with van der Waals surface area (Å²) in [6, 6.07) is 0.817. The highest BCUT2D eigenvalue weighted by molar-refractivity contribution is 6.60. The van der Waals surface area contributed by atoms with Gasteiger partial charge in [-0.1, -0.05) is 46.6 Å². The molecule has 4 nitrogen and oxygen atoms in total. The average Bonchev–Trinajstić information content (AvgIpc) is 2.52. The summed E-state index contributed by atoms with van der Waals surface area (Å²) < 4.78 is 23.7. The third-order valence-corrected chi connectivity index (χ3v) is 6.22. The van der Waals surface area contributed by atoms with Crippen molar-refractivity contribution in [3.05, 3.63) is 12.8 Å². The van der Waals surface area contributed by atoms with Crippen molar-refractivity contribution >= 4 is 8.80 Å². The Labute approximate surface area is 138 Å². The minimum Gasteiger partial charge on any atom is -0.502 e. The van der Waals surface area contributed by atoms with E-state index < -0.39 is 8.80 Å². The van der Waals surface area contributed by atoms with E-state index in [0.29, 0.717) is 6.61 Å². The van der Waals surface area contributed by atoms with Crippen LogP contribution in [0.1, 0.15) is 65.7 Å². The van der Waals surface area contributed by atoms with Crippen LogP contribution in [0, 0.1) is 0 Å². The smallest absolute Gasteiger partial charge is 0.501 e. The number of unbranched alkanes of at least 4 members (excludes halogenated alkanes) is 3. The van der Waals surface area contributed by atoms with E-state index in [-0.39, 0.29) is 0 Å². The molecule has 0 rings (SSSR count). The van der Waals surface area contributed by atoms with Crippen LogP contribution >= 0.6 is 0 Å². The van der Waals surface area contributed by atoms with E-state index in [1.807, 2.05) is 0 Å². The molecule has 132 valence electrons. The van der Waals surface area contributed by atoms with Crippen molar-refractivity contribution in [1.82, 2.24) is 0 Å². The number of hydrogen-bond donors (Lipinski definition) is 0. The summed E-state index contributed by atoms with van der Waals surface area (Å²) in [5, 5.41) is 0. The monoisotopic (exact) mass is 332 g/mol. The predicted molar refractivity (Wildman–Crippen MR) is 93.9 cm³/mol. The highest BCUT2D eigenvalue weighted by atomic mass is 28.4. The van der Waals surface area contributed by atoms with Gasteiger partial charge in [0.15, 0.2) is 0 Å². The SMILES string of the molecule is C=COCCC[Si](OCCCC)(OCCCC)OCCCC. The zero-order valence-corrected chi connectivity index (χ0v) is 15.9. The van der Waals surface area contributed by atoms with E-state index in [0.717, 1.165) is 70.8 Å². The summed E-state index contributed by atoms with van der Waals surface area (Å²) in [6.07, 6.45) is 8.86. The molecule has 0 aromatic carbocycles. The maximum atomic E-state index is 6.16. The second-order valence-corrected chi connectivity index (χ2v) is 8.16. The molecule has 0 bridgehead atoms. The molecule has 0 saturated heterocycles. The zero-order chi connectivity index (χ0) is 16.5. The molecule has 0 heterocycles. The topological polar surface area (TPSA) is 36.9 Å². The molecule has 5 heteroatoms. The predicted octanol–water partition coefficient (Wildman–Crippen LogP) is 4.93. The van der Waals surface area contributed by atoms with Gasteiger partial charge in [0, 0.05) is 25.9 Å². The first kappa shape index (κ1) is 21.6. The summed E-state index contributed by atoms with van der Waals surface area (Å²) in [6.45, 7) is 12.9. The van der Waals surface area contributed by atoms with E-state index in [2.05, 4.69) is 27.4 Å². The van der Waals surface area contributed by atoms with Gasteiger partial charge >= 0.3 is 8.80 Å². The molecule has 0 aliphatic rings. The van der Waals surface area contributed by atoms with Gasteiger partial charge in [0.25, 0.3) is 0 Å². The third-order valence-electron chi connectivity index (χ3n) is 3.32. The normalized spacial score (nSPS) is 11.6. The molecule has 0 aromatic heterocycles. The minimum absolute atomic E-state index is 0.643. The van der Waals surface area contributed by atoms with Gasteiger partial charge in [-0.05, 0) is 25.7 Å². The van der Waals surface area contributed by atoms with E-state index >= 15 is 0 Å². The van der Waals surface area contributed by atoms with Crippen LogP contribution in [0.2, 0.25) is 6.04 Å². The second-order valence-electron chi connectivity index (χ2n) is 5.43. The number of hydrogen-bond acceptors (Lipinski definition) is 4. The third kappa shape index (κ3) is 11.2. The van der Waals surface area contributed by atoms with Gasteiger partial charge in [0.1, 0.15) is 0 Å². The first-order valence-corrected chi connectivity index (χ1v) is 10.8. The lowest BCUT2D eigenvalue weighted by Gasteiger charge is -2.30.